The van der Waals surface area contributed by atoms with Crippen LogP contribution in [0.25, 0.3) is 0 Å². The zero-order chi connectivity index (χ0) is 24.5. The Morgan fingerprint density at radius 3 is 1.86 bits per heavy atom. The zero-order valence-corrected chi connectivity index (χ0v) is 22.8. The van der Waals surface area contributed by atoms with Crippen molar-refractivity contribution in [3.8, 4) is 5.75 Å². The minimum atomic E-state index is 0.0101. The number of benzene rings is 1. The van der Waals surface area contributed by atoms with Crippen molar-refractivity contribution in [1.82, 2.24) is 0 Å². The number of hydrogen-bond donors (Lipinski definition) is 0. The smallest absolute Gasteiger partial charge is 0.314 e. The van der Waals surface area contributed by atoms with Crippen LogP contribution in [0.5, 0.6) is 5.75 Å². The average molecular weight is 481 g/mol. The Bertz CT molecular complexity index is 729. The fraction of sp³-hybridized carbons (Fsp3) is 0.788. The van der Waals surface area contributed by atoms with E-state index in [2.05, 4.69) is 26.0 Å². The maximum atomic E-state index is 12.9. The normalized spacial score (nSPS) is 31.7. The number of carbonyl (C=O) groups excluding carboxylic acids is 1. The minimum Gasteiger partial charge on any atom is -0.426 e. The molecule has 35 heavy (non-hydrogen) atoms. The predicted molar refractivity (Wildman–Crippen MR) is 147 cm³/mol. The molecule has 1 aromatic rings. The standard InChI is InChI=1S/C33H52O2/c1-3-5-6-8-26-11-15-27(16-12-26)29-17-19-31(20-18-29)33(34)35-32-23-21-30(22-24-32)28-13-9-25(7-4-2)10-14-28/h21-29,31H,3-20H2,1-2H3/t25-,26?,27?,28-,29-,31-. The summed E-state index contributed by atoms with van der Waals surface area (Å²) in [5.41, 5.74) is 1.43. The van der Waals surface area contributed by atoms with Crippen LogP contribution in [0.1, 0.15) is 141 Å². The number of ether oxygens (including phenoxy) is 1. The molecule has 4 rings (SSSR count). The Labute approximate surface area is 216 Å². The van der Waals surface area contributed by atoms with Crippen molar-refractivity contribution in [3.63, 3.8) is 0 Å². The zero-order valence-electron chi connectivity index (χ0n) is 22.8. The van der Waals surface area contributed by atoms with Crippen molar-refractivity contribution in [1.29, 1.82) is 0 Å². The lowest BCUT2D eigenvalue weighted by atomic mass is 9.68. The van der Waals surface area contributed by atoms with Crippen LogP contribution >= 0.6 is 0 Å². The molecule has 3 saturated carbocycles. The van der Waals surface area contributed by atoms with Crippen LogP contribution in [0.4, 0.5) is 0 Å². The lowest BCUT2D eigenvalue weighted by molar-refractivity contribution is -0.140. The second-order valence-electron chi connectivity index (χ2n) is 12.4. The van der Waals surface area contributed by atoms with Gasteiger partial charge in [-0.25, -0.2) is 0 Å². The summed E-state index contributed by atoms with van der Waals surface area (Å²) in [6.07, 6.45) is 24.0. The number of unbranched alkanes of at least 4 members (excludes halogenated alkanes) is 2. The fourth-order valence-electron chi connectivity index (χ4n) is 7.66. The van der Waals surface area contributed by atoms with Crippen molar-refractivity contribution < 1.29 is 9.53 Å². The molecule has 0 amide bonds. The molecule has 0 saturated heterocycles. The average Bonchev–Trinajstić information content (AvgIpc) is 2.90. The molecule has 2 nitrogen and oxygen atoms in total. The van der Waals surface area contributed by atoms with Crippen molar-refractivity contribution >= 4 is 5.97 Å². The Morgan fingerprint density at radius 1 is 0.686 bits per heavy atom. The largest absolute Gasteiger partial charge is 0.426 e. The third-order valence-corrected chi connectivity index (χ3v) is 9.99. The van der Waals surface area contributed by atoms with E-state index in [1.807, 2.05) is 12.1 Å². The van der Waals surface area contributed by atoms with Gasteiger partial charge in [-0.3, -0.25) is 4.79 Å². The molecule has 3 aliphatic carbocycles. The van der Waals surface area contributed by atoms with Gasteiger partial charge < -0.3 is 4.74 Å². The second-order valence-corrected chi connectivity index (χ2v) is 12.4. The van der Waals surface area contributed by atoms with Crippen LogP contribution in [-0.4, -0.2) is 5.97 Å². The van der Waals surface area contributed by atoms with E-state index < -0.39 is 0 Å². The fourth-order valence-corrected chi connectivity index (χ4v) is 7.66. The van der Waals surface area contributed by atoms with Crippen LogP contribution in [0.2, 0.25) is 0 Å². The Kier molecular flexibility index (Phi) is 10.6. The van der Waals surface area contributed by atoms with Crippen LogP contribution in [0.15, 0.2) is 24.3 Å². The van der Waals surface area contributed by atoms with Crippen molar-refractivity contribution in [2.45, 2.75) is 135 Å². The summed E-state index contributed by atoms with van der Waals surface area (Å²) in [7, 11) is 0. The van der Waals surface area contributed by atoms with Gasteiger partial charge in [0.1, 0.15) is 5.75 Å². The molecule has 196 valence electrons. The molecular weight excluding hydrogens is 428 g/mol. The van der Waals surface area contributed by atoms with Gasteiger partial charge in [-0.05, 0) is 111 Å². The van der Waals surface area contributed by atoms with Gasteiger partial charge in [0.2, 0.25) is 0 Å². The molecule has 0 unspecified atom stereocenters. The lowest BCUT2D eigenvalue weighted by Gasteiger charge is -2.37. The first-order valence-electron chi connectivity index (χ1n) is 15.5. The molecule has 0 spiro atoms. The third kappa shape index (κ3) is 7.83. The summed E-state index contributed by atoms with van der Waals surface area (Å²) < 4.78 is 5.85. The molecule has 0 bridgehead atoms. The highest BCUT2D eigenvalue weighted by Crippen LogP contribution is 2.43. The van der Waals surface area contributed by atoms with E-state index in [1.165, 1.54) is 108 Å². The van der Waals surface area contributed by atoms with E-state index in [9.17, 15) is 4.79 Å². The minimum absolute atomic E-state index is 0.0101. The van der Waals surface area contributed by atoms with Crippen LogP contribution in [0.3, 0.4) is 0 Å². The number of esters is 1. The summed E-state index contributed by atoms with van der Waals surface area (Å²) in [6.45, 7) is 4.61. The van der Waals surface area contributed by atoms with E-state index in [0.29, 0.717) is 5.92 Å². The molecular formula is C33H52O2. The van der Waals surface area contributed by atoms with Gasteiger partial charge in [0.25, 0.3) is 0 Å². The lowest BCUT2D eigenvalue weighted by Crippen LogP contribution is -2.30. The third-order valence-electron chi connectivity index (χ3n) is 9.99. The highest BCUT2D eigenvalue weighted by Gasteiger charge is 2.33. The summed E-state index contributed by atoms with van der Waals surface area (Å²) in [4.78, 5) is 12.9. The molecule has 3 aliphatic rings. The number of carbonyl (C=O) groups is 1. The first kappa shape index (κ1) is 26.7. The Balaban J connectivity index is 1.16. The molecule has 3 fully saturated rings. The van der Waals surface area contributed by atoms with E-state index in [4.69, 9.17) is 4.74 Å². The van der Waals surface area contributed by atoms with E-state index in [1.54, 1.807) is 0 Å². The van der Waals surface area contributed by atoms with Crippen LogP contribution < -0.4 is 4.74 Å². The molecule has 0 atom stereocenters. The summed E-state index contributed by atoms with van der Waals surface area (Å²) in [5, 5.41) is 0. The number of hydrogen-bond acceptors (Lipinski definition) is 2. The van der Waals surface area contributed by atoms with E-state index in [-0.39, 0.29) is 11.9 Å². The molecule has 1 aromatic carbocycles. The second kappa shape index (κ2) is 13.8. The molecule has 2 heteroatoms. The van der Waals surface area contributed by atoms with E-state index >= 15 is 0 Å². The predicted octanol–water partition coefficient (Wildman–Crippen LogP) is 9.86. The van der Waals surface area contributed by atoms with Gasteiger partial charge in [-0.15, -0.1) is 0 Å². The Morgan fingerprint density at radius 2 is 1.26 bits per heavy atom. The molecule has 0 radical (unpaired) electrons. The van der Waals surface area contributed by atoms with Gasteiger partial charge in [-0.1, -0.05) is 77.3 Å². The first-order chi connectivity index (χ1) is 17.2. The van der Waals surface area contributed by atoms with Gasteiger partial charge >= 0.3 is 5.97 Å². The monoisotopic (exact) mass is 480 g/mol. The van der Waals surface area contributed by atoms with Gasteiger partial charge in [-0.2, -0.15) is 0 Å². The summed E-state index contributed by atoms with van der Waals surface area (Å²) in [6, 6.07) is 8.50. The quantitative estimate of drug-likeness (QED) is 0.189. The van der Waals surface area contributed by atoms with Gasteiger partial charge in [0.05, 0.1) is 5.92 Å². The maximum Gasteiger partial charge on any atom is 0.314 e. The molecule has 0 aromatic heterocycles. The Hall–Kier alpha value is -1.31. The van der Waals surface area contributed by atoms with Crippen LogP contribution in [-0.2, 0) is 4.79 Å². The van der Waals surface area contributed by atoms with Gasteiger partial charge in [0, 0.05) is 0 Å². The molecule has 0 heterocycles. The first-order valence-corrected chi connectivity index (χ1v) is 15.5. The molecule has 0 N–H and O–H groups in total. The van der Waals surface area contributed by atoms with Crippen molar-refractivity contribution in [2.24, 2.45) is 29.6 Å². The van der Waals surface area contributed by atoms with Crippen molar-refractivity contribution in [2.75, 3.05) is 0 Å². The highest BCUT2D eigenvalue weighted by atomic mass is 16.5. The highest BCUT2D eigenvalue weighted by molar-refractivity contribution is 5.75. The topological polar surface area (TPSA) is 26.3 Å². The summed E-state index contributed by atoms with van der Waals surface area (Å²) >= 11 is 0. The van der Waals surface area contributed by atoms with Gasteiger partial charge in [0.15, 0.2) is 0 Å². The maximum absolute atomic E-state index is 12.9. The van der Waals surface area contributed by atoms with Crippen LogP contribution in [0, 0.1) is 29.6 Å². The molecule has 0 aliphatic heterocycles. The van der Waals surface area contributed by atoms with Crippen molar-refractivity contribution in [3.05, 3.63) is 29.8 Å². The SMILES string of the molecule is CCCCCC1CCC([C@H]2CC[C@H](C(=O)Oc3ccc([C@H]4CC[C@H](CCC)CC4)cc3)CC2)CC1. The van der Waals surface area contributed by atoms with E-state index in [0.717, 1.165) is 42.3 Å². The summed E-state index contributed by atoms with van der Waals surface area (Å²) in [5.74, 6) is 5.24. The number of rotatable bonds is 10.